The number of hydrogen-bond acceptors (Lipinski definition) is 5. The van der Waals surface area contributed by atoms with E-state index in [1.807, 2.05) is 44.2 Å². The molecule has 1 aliphatic rings. The number of hydrogen-bond donors (Lipinski definition) is 1. The van der Waals surface area contributed by atoms with Gasteiger partial charge in [-0.1, -0.05) is 37.3 Å². The largest absolute Gasteiger partial charge is 0.302 e. The summed E-state index contributed by atoms with van der Waals surface area (Å²) in [6, 6.07) is 9.18. The predicted molar refractivity (Wildman–Crippen MR) is 108 cm³/mol. The Labute approximate surface area is 164 Å². The van der Waals surface area contributed by atoms with E-state index in [1.165, 1.54) is 15.6 Å². The number of amides is 1. The highest BCUT2D eigenvalue weighted by atomic mass is 32.2. The second-order valence-corrected chi connectivity index (χ2v) is 9.95. The summed E-state index contributed by atoms with van der Waals surface area (Å²) in [5.41, 5.74) is 1.79. The van der Waals surface area contributed by atoms with E-state index >= 15 is 0 Å². The number of aromatic nitrogens is 1. The number of nitrogens with zero attached hydrogens (tertiary/aromatic N) is 2. The standard InChI is InChI=1S/C19H25N3O3S2/c1-3-17-14(2)26-19(20-17)21-18(23)16-9-11-22(12-10-16)27(24,25)13-15-7-5-4-6-8-15/h4-8,16H,3,9-13H2,1-2H3,(H,20,21,23). The van der Waals surface area contributed by atoms with Crippen molar-refractivity contribution >= 4 is 32.4 Å². The second-order valence-electron chi connectivity index (χ2n) is 6.78. The van der Waals surface area contributed by atoms with Crippen molar-refractivity contribution in [3.05, 3.63) is 46.5 Å². The van der Waals surface area contributed by atoms with Crippen LogP contribution in [-0.2, 0) is 27.0 Å². The van der Waals surface area contributed by atoms with Crippen LogP contribution in [0.4, 0.5) is 5.13 Å². The molecule has 2 aromatic rings. The molecule has 0 unspecified atom stereocenters. The third-order valence-corrected chi connectivity index (χ3v) is 7.65. The van der Waals surface area contributed by atoms with Gasteiger partial charge in [0.1, 0.15) is 0 Å². The molecule has 0 radical (unpaired) electrons. The molecule has 1 aromatic heterocycles. The summed E-state index contributed by atoms with van der Waals surface area (Å²) >= 11 is 1.49. The van der Waals surface area contributed by atoms with Gasteiger partial charge in [0.2, 0.25) is 15.9 Å². The number of benzene rings is 1. The van der Waals surface area contributed by atoms with E-state index in [0.29, 0.717) is 31.1 Å². The highest BCUT2D eigenvalue weighted by molar-refractivity contribution is 7.88. The topological polar surface area (TPSA) is 79.4 Å². The Morgan fingerprint density at radius 3 is 2.52 bits per heavy atom. The molecule has 1 fully saturated rings. The predicted octanol–water partition coefficient (Wildman–Crippen LogP) is 3.19. The number of carbonyl (C=O) groups is 1. The van der Waals surface area contributed by atoms with Crippen molar-refractivity contribution in [2.24, 2.45) is 5.92 Å². The average Bonchev–Trinajstić information content (AvgIpc) is 3.01. The summed E-state index contributed by atoms with van der Waals surface area (Å²) in [4.78, 5) is 18.1. The zero-order valence-corrected chi connectivity index (χ0v) is 17.3. The van der Waals surface area contributed by atoms with Crippen molar-refractivity contribution in [2.45, 2.75) is 38.9 Å². The number of nitrogens with one attached hydrogen (secondary N) is 1. The fourth-order valence-electron chi connectivity index (χ4n) is 3.29. The molecule has 2 heterocycles. The minimum absolute atomic E-state index is 0.00287. The van der Waals surface area contributed by atoms with Crippen LogP contribution in [0.5, 0.6) is 0 Å². The van der Waals surface area contributed by atoms with Gasteiger partial charge in [-0.05, 0) is 31.7 Å². The summed E-state index contributed by atoms with van der Waals surface area (Å²) in [5.74, 6) is -0.239. The third-order valence-electron chi connectivity index (χ3n) is 4.87. The molecule has 1 aliphatic heterocycles. The van der Waals surface area contributed by atoms with E-state index in [-0.39, 0.29) is 17.6 Å². The number of anilines is 1. The maximum atomic E-state index is 12.6. The smallest absolute Gasteiger partial charge is 0.229 e. The molecule has 8 heteroatoms. The lowest BCUT2D eigenvalue weighted by atomic mass is 9.97. The molecule has 0 atom stereocenters. The maximum absolute atomic E-state index is 12.6. The molecular weight excluding hydrogens is 382 g/mol. The molecule has 1 aromatic carbocycles. The lowest BCUT2D eigenvalue weighted by Crippen LogP contribution is -2.41. The molecule has 0 spiro atoms. The highest BCUT2D eigenvalue weighted by Gasteiger charge is 2.31. The number of rotatable bonds is 6. The van der Waals surface area contributed by atoms with E-state index in [2.05, 4.69) is 10.3 Å². The minimum atomic E-state index is -3.36. The quantitative estimate of drug-likeness (QED) is 0.797. The summed E-state index contributed by atoms with van der Waals surface area (Å²) in [6.45, 7) is 4.80. The van der Waals surface area contributed by atoms with Crippen LogP contribution in [0.2, 0.25) is 0 Å². The van der Waals surface area contributed by atoms with Crippen molar-refractivity contribution in [3.8, 4) is 0 Å². The Kier molecular flexibility index (Phi) is 6.29. The zero-order valence-electron chi connectivity index (χ0n) is 15.6. The lowest BCUT2D eigenvalue weighted by molar-refractivity contribution is -0.120. The Morgan fingerprint density at radius 1 is 1.26 bits per heavy atom. The third kappa shape index (κ3) is 4.94. The first-order valence-electron chi connectivity index (χ1n) is 9.18. The Balaban J connectivity index is 1.55. The first-order chi connectivity index (χ1) is 12.9. The fourth-order valence-corrected chi connectivity index (χ4v) is 5.76. The first kappa shape index (κ1) is 20.0. The van der Waals surface area contributed by atoms with E-state index in [1.54, 1.807) is 0 Å². The summed E-state index contributed by atoms with van der Waals surface area (Å²) < 4.78 is 26.7. The fraction of sp³-hybridized carbons (Fsp3) is 0.474. The molecule has 27 heavy (non-hydrogen) atoms. The molecule has 0 bridgehead atoms. The number of sulfonamides is 1. The van der Waals surface area contributed by atoms with Crippen LogP contribution in [0.25, 0.3) is 0 Å². The van der Waals surface area contributed by atoms with Gasteiger partial charge in [-0.25, -0.2) is 17.7 Å². The number of aryl methyl sites for hydroxylation is 2. The van der Waals surface area contributed by atoms with Gasteiger partial charge in [0.15, 0.2) is 5.13 Å². The van der Waals surface area contributed by atoms with Gasteiger partial charge in [0.05, 0.1) is 11.4 Å². The molecular formula is C19H25N3O3S2. The normalized spacial score (nSPS) is 16.4. The average molecular weight is 408 g/mol. The molecule has 1 N–H and O–H groups in total. The van der Waals surface area contributed by atoms with Crippen molar-refractivity contribution in [1.82, 2.24) is 9.29 Å². The van der Waals surface area contributed by atoms with Crippen molar-refractivity contribution in [3.63, 3.8) is 0 Å². The van der Waals surface area contributed by atoms with Gasteiger partial charge in [0.25, 0.3) is 0 Å². The Bertz CT molecular complexity index is 886. The van der Waals surface area contributed by atoms with E-state index in [9.17, 15) is 13.2 Å². The van der Waals surface area contributed by atoms with Gasteiger partial charge >= 0.3 is 0 Å². The molecule has 1 saturated heterocycles. The summed E-state index contributed by atoms with van der Waals surface area (Å²) in [6.07, 6.45) is 1.91. The van der Waals surface area contributed by atoms with Gasteiger partial charge < -0.3 is 5.32 Å². The van der Waals surface area contributed by atoms with Crippen molar-refractivity contribution < 1.29 is 13.2 Å². The van der Waals surface area contributed by atoms with Gasteiger partial charge in [0, 0.05) is 23.9 Å². The molecule has 3 rings (SSSR count). The van der Waals surface area contributed by atoms with Crippen molar-refractivity contribution in [1.29, 1.82) is 0 Å². The number of thiazole rings is 1. The summed E-state index contributed by atoms with van der Waals surface area (Å²) in [7, 11) is -3.36. The van der Waals surface area contributed by atoms with Crippen LogP contribution in [0.1, 0.15) is 35.9 Å². The van der Waals surface area contributed by atoms with Gasteiger partial charge in [-0.15, -0.1) is 11.3 Å². The maximum Gasteiger partial charge on any atom is 0.229 e. The monoisotopic (exact) mass is 407 g/mol. The second kappa shape index (κ2) is 8.50. The Hall–Kier alpha value is -1.77. The van der Waals surface area contributed by atoms with Crippen LogP contribution in [-0.4, -0.2) is 36.7 Å². The highest BCUT2D eigenvalue weighted by Crippen LogP contribution is 2.26. The van der Waals surface area contributed by atoms with Gasteiger partial charge in [-0.2, -0.15) is 0 Å². The molecule has 1 amide bonds. The SMILES string of the molecule is CCc1nc(NC(=O)C2CCN(S(=O)(=O)Cc3ccccc3)CC2)sc1C. The van der Waals surface area contributed by atoms with Crippen LogP contribution in [0.3, 0.4) is 0 Å². The molecule has 0 saturated carbocycles. The number of carbonyl (C=O) groups excluding carboxylic acids is 1. The number of piperidine rings is 1. The van der Waals surface area contributed by atoms with Gasteiger partial charge in [-0.3, -0.25) is 4.79 Å². The lowest BCUT2D eigenvalue weighted by Gasteiger charge is -2.30. The Morgan fingerprint density at radius 2 is 1.93 bits per heavy atom. The van der Waals surface area contributed by atoms with E-state index in [4.69, 9.17) is 0 Å². The summed E-state index contributed by atoms with van der Waals surface area (Å²) in [5, 5.41) is 3.53. The zero-order chi connectivity index (χ0) is 19.4. The first-order valence-corrected chi connectivity index (χ1v) is 11.6. The van der Waals surface area contributed by atoms with Crippen LogP contribution >= 0.6 is 11.3 Å². The molecule has 146 valence electrons. The van der Waals surface area contributed by atoms with E-state index < -0.39 is 10.0 Å². The van der Waals surface area contributed by atoms with Crippen LogP contribution < -0.4 is 5.32 Å². The van der Waals surface area contributed by atoms with Crippen LogP contribution in [0, 0.1) is 12.8 Å². The van der Waals surface area contributed by atoms with E-state index in [0.717, 1.165) is 22.6 Å². The van der Waals surface area contributed by atoms with Crippen LogP contribution in [0.15, 0.2) is 30.3 Å². The minimum Gasteiger partial charge on any atom is -0.302 e. The molecule has 6 nitrogen and oxygen atoms in total. The molecule has 0 aliphatic carbocycles. The van der Waals surface area contributed by atoms with Crippen molar-refractivity contribution in [2.75, 3.05) is 18.4 Å².